The summed E-state index contributed by atoms with van der Waals surface area (Å²) in [5.41, 5.74) is -0.381. The van der Waals surface area contributed by atoms with Gasteiger partial charge in [-0.15, -0.1) is 0 Å². The largest absolute Gasteiger partial charge is 0.329 e. The second-order valence-electron chi connectivity index (χ2n) is 3.05. The zero-order chi connectivity index (χ0) is 15.5. The molecule has 1 aromatic rings. The Hall–Kier alpha value is -1.65. The highest BCUT2D eigenvalue weighted by Gasteiger charge is 2.37. The van der Waals surface area contributed by atoms with Crippen LogP contribution >= 0.6 is 0 Å². The lowest BCUT2D eigenvalue weighted by Crippen LogP contribution is -2.41. The molecule has 1 aliphatic heterocycles. The molecule has 0 radical (unpaired) electrons. The molecule has 14 heavy (non-hydrogen) atoms. The summed E-state index contributed by atoms with van der Waals surface area (Å²) in [6.07, 6.45) is 0.847. The number of carbonyl (C=O) groups excluding carboxylic acids is 2. The summed E-state index contributed by atoms with van der Waals surface area (Å²) in [4.78, 5) is 28.1. The summed E-state index contributed by atoms with van der Waals surface area (Å²) < 4.78 is 44.6. The summed E-state index contributed by atoms with van der Waals surface area (Å²) in [5.74, 6) is -3.37. The Morgan fingerprint density at radius 3 is 2.93 bits per heavy atom. The Morgan fingerprint density at radius 2 is 2.29 bits per heavy atom. The van der Waals surface area contributed by atoms with Gasteiger partial charge in [0, 0.05) is 22.2 Å². The van der Waals surface area contributed by atoms with Crippen LogP contribution in [0.3, 0.4) is 0 Å². The lowest BCUT2D eigenvalue weighted by atomic mass is 9.98. The Bertz CT molecular complexity index is 587. The van der Waals surface area contributed by atoms with Crippen LogP contribution in [0.4, 0.5) is 5.82 Å². The number of Topliss-reactive ketones (excluding diaryl/α,β-unsaturated/α-hetero) is 1. The molecule has 1 amide bonds. The Balaban J connectivity index is 2.71. The molecule has 1 atom stereocenters. The summed E-state index contributed by atoms with van der Waals surface area (Å²) in [5, 5.41) is 0. The minimum absolute atomic E-state index is 0.381. The van der Waals surface area contributed by atoms with Crippen molar-refractivity contribution in [3.8, 4) is 0 Å². The van der Waals surface area contributed by atoms with Crippen molar-refractivity contribution in [2.24, 2.45) is 12.9 Å². The first-order valence-electron chi connectivity index (χ1n) is 6.92. The summed E-state index contributed by atoms with van der Waals surface area (Å²) in [6, 6.07) is 0. The van der Waals surface area contributed by atoms with Gasteiger partial charge in [-0.05, 0) is 6.92 Å². The molecule has 0 aliphatic carbocycles. The average molecular weight is 199 g/mol. The first-order chi connectivity index (χ1) is 8.96. The van der Waals surface area contributed by atoms with Crippen molar-refractivity contribution in [1.82, 2.24) is 9.55 Å². The number of nitrogens with zero attached hydrogens (tertiary/aromatic N) is 3. The Labute approximate surface area is 89.8 Å². The van der Waals surface area contributed by atoms with Crippen LogP contribution in [-0.4, -0.2) is 28.2 Å². The Kier molecular flexibility index (Phi) is 0.810. The van der Waals surface area contributed by atoms with Gasteiger partial charge in [0.2, 0.25) is 5.91 Å². The molecule has 0 saturated carbocycles. The van der Waals surface area contributed by atoms with Crippen LogP contribution in [0.5, 0.6) is 0 Å². The Morgan fingerprint density at radius 1 is 1.50 bits per heavy atom. The maximum absolute atomic E-state index is 12.1. The maximum Gasteiger partial charge on any atom is 0.238 e. The number of anilines is 1. The van der Waals surface area contributed by atoms with E-state index in [1.807, 2.05) is 0 Å². The topological polar surface area (TPSA) is 55.2 Å². The lowest BCUT2D eigenvalue weighted by molar-refractivity contribution is -0.120. The van der Waals surface area contributed by atoms with E-state index in [0.717, 1.165) is 6.33 Å². The highest BCUT2D eigenvalue weighted by atomic mass is 16.2. The van der Waals surface area contributed by atoms with E-state index in [0.29, 0.717) is 9.47 Å². The van der Waals surface area contributed by atoms with E-state index in [-0.39, 0.29) is 5.69 Å². The molecule has 74 valence electrons. The number of imidazole rings is 1. The molecule has 1 unspecified atom stereocenters. The van der Waals surface area contributed by atoms with Crippen molar-refractivity contribution in [3.63, 3.8) is 0 Å². The predicted molar refractivity (Wildman–Crippen MR) is 50.1 cm³/mol. The third-order valence-electron chi connectivity index (χ3n) is 2.18. The number of amides is 1. The molecule has 1 aliphatic rings. The third kappa shape index (κ3) is 0.921. The van der Waals surface area contributed by atoms with E-state index in [2.05, 4.69) is 4.98 Å². The molecule has 5 nitrogen and oxygen atoms in total. The molecule has 0 N–H and O–H groups in total. The van der Waals surface area contributed by atoms with Crippen LogP contribution < -0.4 is 4.90 Å². The van der Waals surface area contributed by atoms with E-state index in [9.17, 15) is 9.59 Å². The van der Waals surface area contributed by atoms with Gasteiger partial charge in [-0.3, -0.25) is 14.5 Å². The molecule has 0 aromatic carbocycles. The number of hydrogen-bond acceptors (Lipinski definition) is 3. The van der Waals surface area contributed by atoms with Crippen LogP contribution in [0.2, 0.25) is 0 Å². The van der Waals surface area contributed by atoms with E-state index in [1.54, 1.807) is 0 Å². The van der Waals surface area contributed by atoms with E-state index >= 15 is 0 Å². The van der Waals surface area contributed by atoms with Crippen molar-refractivity contribution in [2.45, 2.75) is 6.92 Å². The number of rotatable bonds is 0. The van der Waals surface area contributed by atoms with Gasteiger partial charge in [0.15, 0.2) is 11.6 Å². The minimum Gasteiger partial charge on any atom is -0.329 e. The molecule has 0 fully saturated rings. The third-order valence-corrected chi connectivity index (χ3v) is 2.18. The standard InChI is InChI=1S/C9H11N3O2/c1-5-7(13)6-8(10-4-11(6)2)12(3)9(5)14/h4-5H,1-3H3/i2D3,3D3. The summed E-state index contributed by atoms with van der Waals surface area (Å²) in [7, 11) is 0. The molecular formula is C9H11N3O2. The van der Waals surface area contributed by atoms with E-state index < -0.39 is 37.4 Å². The van der Waals surface area contributed by atoms with Gasteiger partial charge in [-0.25, -0.2) is 4.98 Å². The lowest BCUT2D eigenvalue weighted by Gasteiger charge is -2.25. The molecule has 2 heterocycles. The van der Waals surface area contributed by atoms with Gasteiger partial charge >= 0.3 is 0 Å². The number of carbonyl (C=O) groups is 2. The highest BCUT2D eigenvalue weighted by molar-refractivity contribution is 6.19. The fraction of sp³-hybridized carbons (Fsp3) is 0.444. The van der Waals surface area contributed by atoms with Crippen LogP contribution in [-0.2, 0) is 11.8 Å². The SMILES string of the molecule is [2H]C([2H])([2H])N1C(=O)C(C)C(=O)c2c1ncn2C([2H])([2H])[2H]. The van der Waals surface area contributed by atoms with Gasteiger partial charge < -0.3 is 4.57 Å². The van der Waals surface area contributed by atoms with Gasteiger partial charge in [0.1, 0.15) is 11.6 Å². The molecule has 0 bridgehead atoms. The second-order valence-corrected chi connectivity index (χ2v) is 3.05. The average Bonchev–Trinajstić information content (AvgIpc) is 2.68. The van der Waals surface area contributed by atoms with Crippen molar-refractivity contribution >= 4 is 17.5 Å². The monoisotopic (exact) mass is 199 g/mol. The number of aryl methyl sites for hydroxylation is 1. The zero-order valence-corrected chi connectivity index (χ0v) is 7.31. The van der Waals surface area contributed by atoms with Gasteiger partial charge in [-0.1, -0.05) is 0 Å². The fourth-order valence-electron chi connectivity index (χ4n) is 1.35. The van der Waals surface area contributed by atoms with E-state index in [4.69, 9.17) is 8.22 Å². The number of aromatic nitrogens is 2. The quantitative estimate of drug-likeness (QED) is 0.561. The van der Waals surface area contributed by atoms with Crippen molar-refractivity contribution in [1.29, 1.82) is 0 Å². The van der Waals surface area contributed by atoms with Crippen LogP contribution in [0, 0.1) is 5.92 Å². The molecule has 5 heteroatoms. The number of hydrogen-bond donors (Lipinski definition) is 0. The number of fused-ring (bicyclic) bond motifs is 1. The fourth-order valence-corrected chi connectivity index (χ4v) is 1.35. The van der Waals surface area contributed by atoms with Gasteiger partial charge in [-0.2, -0.15) is 0 Å². The smallest absolute Gasteiger partial charge is 0.238 e. The molecular weight excluding hydrogens is 182 g/mol. The molecule has 0 saturated heterocycles. The van der Waals surface area contributed by atoms with Gasteiger partial charge in [0.05, 0.1) is 6.33 Å². The summed E-state index contributed by atoms with van der Waals surface area (Å²) >= 11 is 0. The maximum atomic E-state index is 12.1. The van der Waals surface area contributed by atoms with E-state index in [1.165, 1.54) is 6.92 Å². The van der Waals surface area contributed by atoms with Gasteiger partial charge in [0.25, 0.3) is 0 Å². The van der Waals surface area contributed by atoms with Crippen molar-refractivity contribution in [3.05, 3.63) is 12.0 Å². The molecule has 1 aromatic heterocycles. The first kappa shape index (κ1) is 4.25. The second kappa shape index (κ2) is 2.67. The zero-order valence-electron chi connectivity index (χ0n) is 13.3. The molecule has 2 rings (SSSR count). The highest BCUT2D eigenvalue weighted by Crippen LogP contribution is 2.27. The van der Waals surface area contributed by atoms with Crippen molar-refractivity contribution in [2.75, 3.05) is 11.9 Å². The minimum atomic E-state index is -2.84. The van der Waals surface area contributed by atoms with Crippen LogP contribution in [0.15, 0.2) is 6.33 Å². The van der Waals surface area contributed by atoms with Crippen molar-refractivity contribution < 1.29 is 17.8 Å². The number of ketones is 1. The first-order valence-corrected chi connectivity index (χ1v) is 3.92. The van der Waals surface area contributed by atoms with Crippen LogP contribution in [0.25, 0.3) is 0 Å². The summed E-state index contributed by atoms with van der Waals surface area (Å²) in [6.45, 7) is -4.28. The van der Waals surface area contributed by atoms with Crippen LogP contribution in [0.1, 0.15) is 25.6 Å². The normalized spacial score (nSPS) is 29.5. The predicted octanol–water partition coefficient (Wildman–Crippen LogP) is 0.215. The molecule has 0 spiro atoms.